The summed E-state index contributed by atoms with van der Waals surface area (Å²) in [6, 6.07) is 12.4. The van der Waals surface area contributed by atoms with Crippen LogP contribution in [0.1, 0.15) is 35.3 Å². The summed E-state index contributed by atoms with van der Waals surface area (Å²) in [4.78, 5) is 16.3. The van der Waals surface area contributed by atoms with E-state index in [-0.39, 0.29) is 11.8 Å². The molecule has 3 heterocycles. The van der Waals surface area contributed by atoms with E-state index in [0.29, 0.717) is 13.1 Å². The number of carbonyl (C=O) groups is 1. The van der Waals surface area contributed by atoms with E-state index in [4.69, 9.17) is 0 Å². The summed E-state index contributed by atoms with van der Waals surface area (Å²) in [7, 11) is 0. The maximum Gasteiger partial charge on any atom is 0.226 e. The molecule has 28 heavy (non-hydrogen) atoms. The van der Waals surface area contributed by atoms with Crippen LogP contribution in [0.25, 0.3) is 16.6 Å². The molecular weight excluding hydrogens is 370 g/mol. The molecule has 4 aromatic rings. The van der Waals surface area contributed by atoms with Gasteiger partial charge in [-0.25, -0.2) is 0 Å². The van der Waals surface area contributed by atoms with Crippen LogP contribution in [-0.4, -0.2) is 30.8 Å². The number of benzene rings is 1. The quantitative estimate of drug-likeness (QED) is 0.516. The van der Waals surface area contributed by atoms with Crippen molar-refractivity contribution < 1.29 is 4.79 Å². The number of aromatic nitrogens is 4. The number of pyridine rings is 1. The first-order valence-electron chi connectivity index (χ1n) is 9.61. The molecule has 1 saturated carbocycles. The maximum atomic E-state index is 13.1. The Bertz CT molecular complexity index is 1150. The van der Waals surface area contributed by atoms with Gasteiger partial charge >= 0.3 is 0 Å². The SMILES string of the molecule is Cc1cccc2cc(CN(Cc3cccs3)C(=O)C3CCC3)c3nnnn3c12. The molecular formula is C21H21N5OS. The smallest absolute Gasteiger partial charge is 0.226 e. The topological polar surface area (TPSA) is 63.4 Å². The number of carbonyl (C=O) groups excluding carboxylic acids is 1. The summed E-state index contributed by atoms with van der Waals surface area (Å²) in [5.41, 5.74) is 3.84. The van der Waals surface area contributed by atoms with Crippen molar-refractivity contribution in [3.8, 4) is 0 Å². The van der Waals surface area contributed by atoms with Crippen LogP contribution in [0.4, 0.5) is 0 Å². The molecule has 0 atom stereocenters. The number of aryl methyl sites for hydroxylation is 1. The van der Waals surface area contributed by atoms with E-state index in [9.17, 15) is 4.79 Å². The zero-order valence-electron chi connectivity index (χ0n) is 15.7. The summed E-state index contributed by atoms with van der Waals surface area (Å²) in [6.07, 6.45) is 3.15. The van der Waals surface area contributed by atoms with Gasteiger partial charge in [-0.05, 0) is 53.3 Å². The number of tetrazole rings is 1. The lowest BCUT2D eigenvalue weighted by atomic mass is 9.84. The lowest BCUT2D eigenvalue weighted by molar-refractivity contribution is -0.139. The Labute approximate surface area is 166 Å². The van der Waals surface area contributed by atoms with E-state index in [0.717, 1.165) is 46.9 Å². The molecule has 0 bridgehead atoms. The highest BCUT2D eigenvalue weighted by Crippen LogP contribution is 2.31. The van der Waals surface area contributed by atoms with Crippen LogP contribution in [0.3, 0.4) is 0 Å². The van der Waals surface area contributed by atoms with Crippen LogP contribution in [-0.2, 0) is 17.9 Å². The number of thiophene rings is 1. The molecule has 0 spiro atoms. The average molecular weight is 392 g/mol. The van der Waals surface area contributed by atoms with Gasteiger partial charge in [0.05, 0.1) is 12.1 Å². The Morgan fingerprint density at radius 2 is 2.14 bits per heavy atom. The molecule has 0 aliphatic heterocycles. The third-order valence-corrected chi connectivity index (χ3v) is 6.48. The fraction of sp³-hybridized carbons (Fsp3) is 0.333. The fourth-order valence-electron chi connectivity index (χ4n) is 3.92. The summed E-state index contributed by atoms with van der Waals surface area (Å²) >= 11 is 1.69. The van der Waals surface area contributed by atoms with Gasteiger partial charge in [-0.3, -0.25) is 4.79 Å². The summed E-state index contributed by atoms with van der Waals surface area (Å²) in [5.74, 6) is 0.407. The van der Waals surface area contributed by atoms with Gasteiger partial charge in [0.15, 0.2) is 5.65 Å². The second-order valence-corrected chi connectivity index (χ2v) is 8.53. The summed E-state index contributed by atoms with van der Waals surface area (Å²) in [6.45, 7) is 3.21. The maximum absolute atomic E-state index is 13.1. The van der Waals surface area contributed by atoms with E-state index in [1.807, 2.05) is 17.0 Å². The number of nitrogens with zero attached hydrogens (tertiary/aromatic N) is 5. The van der Waals surface area contributed by atoms with Crippen LogP contribution in [0, 0.1) is 12.8 Å². The summed E-state index contributed by atoms with van der Waals surface area (Å²) < 4.78 is 1.80. The second-order valence-electron chi connectivity index (χ2n) is 7.50. The molecule has 0 saturated heterocycles. The Morgan fingerprint density at radius 3 is 2.89 bits per heavy atom. The van der Waals surface area contributed by atoms with Crippen molar-refractivity contribution in [1.29, 1.82) is 0 Å². The van der Waals surface area contributed by atoms with E-state index in [1.165, 1.54) is 4.88 Å². The minimum atomic E-state index is 0.162. The third-order valence-electron chi connectivity index (χ3n) is 5.62. The molecule has 5 rings (SSSR count). The van der Waals surface area contributed by atoms with Crippen molar-refractivity contribution in [1.82, 2.24) is 24.9 Å². The number of rotatable bonds is 5. The Morgan fingerprint density at radius 1 is 1.25 bits per heavy atom. The molecule has 0 unspecified atom stereocenters. The van der Waals surface area contributed by atoms with Crippen molar-refractivity contribution in [2.75, 3.05) is 0 Å². The van der Waals surface area contributed by atoms with E-state index in [2.05, 4.69) is 52.1 Å². The lowest BCUT2D eigenvalue weighted by Crippen LogP contribution is -2.38. The highest BCUT2D eigenvalue weighted by Gasteiger charge is 2.30. The Hall–Kier alpha value is -2.80. The fourth-order valence-corrected chi connectivity index (χ4v) is 4.63. The highest BCUT2D eigenvalue weighted by atomic mass is 32.1. The van der Waals surface area contributed by atoms with Crippen molar-refractivity contribution >= 4 is 33.8 Å². The zero-order chi connectivity index (χ0) is 19.1. The average Bonchev–Trinajstić information content (AvgIpc) is 3.31. The van der Waals surface area contributed by atoms with Gasteiger partial charge in [0, 0.05) is 28.3 Å². The molecule has 1 amide bonds. The van der Waals surface area contributed by atoms with Gasteiger partial charge in [0.25, 0.3) is 0 Å². The van der Waals surface area contributed by atoms with Gasteiger partial charge in [-0.2, -0.15) is 4.52 Å². The van der Waals surface area contributed by atoms with Gasteiger partial charge in [-0.1, -0.05) is 30.7 Å². The van der Waals surface area contributed by atoms with E-state index in [1.54, 1.807) is 15.9 Å². The highest BCUT2D eigenvalue weighted by molar-refractivity contribution is 7.09. The van der Waals surface area contributed by atoms with Crippen LogP contribution in [0.5, 0.6) is 0 Å². The van der Waals surface area contributed by atoms with E-state index < -0.39 is 0 Å². The summed E-state index contributed by atoms with van der Waals surface area (Å²) in [5, 5.41) is 15.5. The minimum Gasteiger partial charge on any atom is -0.333 e. The molecule has 6 nitrogen and oxygen atoms in total. The van der Waals surface area contributed by atoms with Gasteiger partial charge < -0.3 is 4.90 Å². The van der Waals surface area contributed by atoms with Crippen molar-refractivity contribution in [3.05, 3.63) is 57.8 Å². The molecule has 1 aliphatic rings. The van der Waals surface area contributed by atoms with Gasteiger partial charge in [0.2, 0.25) is 5.91 Å². The van der Waals surface area contributed by atoms with Crippen LogP contribution < -0.4 is 0 Å². The van der Waals surface area contributed by atoms with Gasteiger partial charge in [-0.15, -0.1) is 16.4 Å². The standard InChI is InChI=1S/C21H21N5OS/c1-14-5-2-8-16-11-17(20-22-23-24-26(20)19(14)16)12-25(13-18-9-4-10-28-18)21(27)15-6-3-7-15/h2,4-5,8-11,15H,3,6-7,12-13H2,1H3. The van der Waals surface area contributed by atoms with Crippen LogP contribution in [0.2, 0.25) is 0 Å². The van der Waals surface area contributed by atoms with Crippen molar-refractivity contribution in [3.63, 3.8) is 0 Å². The molecule has 0 radical (unpaired) electrons. The number of amides is 1. The molecule has 7 heteroatoms. The Kier molecular flexibility index (Phi) is 4.31. The molecule has 1 aromatic carbocycles. The third kappa shape index (κ3) is 2.96. The predicted octanol–water partition coefficient (Wildman–Crippen LogP) is 3.98. The molecule has 0 N–H and O–H groups in total. The first-order chi connectivity index (χ1) is 13.7. The normalized spacial score (nSPS) is 14.5. The van der Waals surface area contributed by atoms with Crippen molar-refractivity contribution in [2.45, 2.75) is 39.3 Å². The first-order valence-corrected chi connectivity index (χ1v) is 10.5. The first kappa shape index (κ1) is 17.3. The number of fused-ring (bicyclic) bond motifs is 3. The number of hydrogen-bond acceptors (Lipinski definition) is 5. The molecule has 1 aliphatic carbocycles. The number of para-hydroxylation sites is 1. The number of hydrogen-bond donors (Lipinski definition) is 0. The second kappa shape index (κ2) is 6.98. The largest absolute Gasteiger partial charge is 0.333 e. The van der Waals surface area contributed by atoms with Crippen LogP contribution >= 0.6 is 11.3 Å². The predicted molar refractivity (Wildman–Crippen MR) is 109 cm³/mol. The molecule has 1 fully saturated rings. The van der Waals surface area contributed by atoms with Crippen LogP contribution in [0.15, 0.2) is 41.8 Å². The molecule has 3 aromatic heterocycles. The lowest BCUT2D eigenvalue weighted by Gasteiger charge is -2.31. The minimum absolute atomic E-state index is 0.162. The van der Waals surface area contributed by atoms with E-state index >= 15 is 0 Å². The zero-order valence-corrected chi connectivity index (χ0v) is 16.5. The molecule has 142 valence electrons. The van der Waals surface area contributed by atoms with Crippen molar-refractivity contribution in [2.24, 2.45) is 5.92 Å². The monoisotopic (exact) mass is 391 g/mol. The Balaban J connectivity index is 1.56. The van der Waals surface area contributed by atoms with Gasteiger partial charge in [0.1, 0.15) is 0 Å².